The van der Waals surface area contributed by atoms with Crippen molar-refractivity contribution in [2.24, 2.45) is 17.3 Å². The van der Waals surface area contributed by atoms with Gasteiger partial charge < -0.3 is 9.15 Å². The first kappa shape index (κ1) is 16.4. The molecule has 0 spiro atoms. The number of carbonyl (C=O) groups excluding carboxylic acids is 1. The van der Waals surface area contributed by atoms with Gasteiger partial charge in [-0.15, -0.1) is 0 Å². The third-order valence-corrected chi connectivity index (χ3v) is 6.47. The highest BCUT2D eigenvalue weighted by Gasteiger charge is 2.51. The van der Waals surface area contributed by atoms with E-state index in [9.17, 15) is 4.79 Å². The lowest BCUT2D eigenvalue weighted by molar-refractivity contribution is -0.157. The molecule has 4 atom stereocenters. The summed E-state index contributed by atoms with van der Waals surface area (Å²) in [5.74, 6) is 1.91. The maximum absolute atomic E-state index is 12.2. The summed E-state index contributed by atoms with van der Waals surface area (Å²) in [6, 6.07) is 0. The molecule has 0 unspecified atom stereocenters. The first-order valence-electron chi connectivity index (χ1n) is 8.76. The van der Waals surface area contributed by atoms with E-state index in [4.69, 9.17) is 9.15 Å². The average Bonchev–Trinajstić information content (AvgIpc) is 2.88. The minimum absolute atomic E-state index is 0.00263. The molecule has 3 nitrogen and oxygen atoms in total. The molecular formula is C20H28O3. The Labute approximate surface area is 139 Å². The van der Waals surface area contributed by atoms with E-state index in [2.05, 4.69) is 20.8 Å². The lowest BCUT2D eigenvalue weighted by Crippen LogP contribution is -2.51. The van der Waals surface area contributed by atoms with Gasteiger partial charge in [-0.05, 0) is 62.5 Å². The van der Waals surface area contributed by atoms with Gasteiger partial charge in [0.25, 0.3) is 0 Å². The summed E-state index contributed by atoms with van der Waals surface area (Å²) < 4.78 is 11.7. The van der Waals surface area contributed by atoms with Gasteiger partial charge >= 0.3 is 5.97 Å². The van der Waals surface area contributed by atoms with E-state index >= 15 is 0 Å². The number of hydrogen-bond acceptors (Lipinski definition) is 3. The summed E-state index contributed by atoms with van der Waals surface area (Å²) >= 11 is 0. The van der Waals surface area contributed by atoms with Crippen LogP contribution in [0.5, 0.6) is 0 Å². The minimum atomic E-state index is -0.171. The second kappa shape index (κ2) is 5.85. The Balaban J connectivity index is 1.89. The smallest absolute Gasteiger partial charge is 0.333 e. The molecule has 0 amide bonds. The molecule has 0 radical (unpaired) electrons. The largest absolute Gasteiger partial charge is 0.469 e. The lowest BCUT2D eigenvalue weighted by atomic mass is 9.54. The number of carbonyl (C=O) groups is 1. The summed E-state index contributed by atoms with van der Waals surface area (Å²) in [6.07, 6.45) is 7.69. The average molecular weight is 316 g/mol. The SMILES string of the molecule is CC=C(C)C(=O)O[C@H]1CC[C@H](C)[C@@]2(C)Cc3c(C)coc3C[C@@H]12. The molecule has 0 N–H and O–H groups in total. The van der Waals surface area contributed by atoms with Crippen molar-refractivity contribution in [2.75, 3.05) is 0 Å². The van der Waals surface area contributed by atoms with E-state index in [-0.39, 0.29) is 17.5 Å². The van der Waals surface area contributed by atoms with Gasteiger partial charge in [-0.2, -0.15) is 0 Å². The fourth-order valence-electron chi connectivity index (χ4n) is 4.41. The molecule has 2 aliphatic carbocycles. The maximum Gasteiger partial charge on any atom is 0.333 e. The summed E-state index contributed by atoms with van der Waals surface area (Å²) in [4.78, 5) is 12.2. The zero-order valence-electron chi connectivity index (χ0n) is 14.9. The number of hydrogen-bond donors (Lipinski definition) is 0. The van der Waals surface area contributed by atoms with Crippen molar-refractivity contribution in [2.45, 2.75) is 66.4 Å². The Morgan fingerprint density at radius 1 is 1.43 bits per heavy atom. The number of allylic oxidation sites excluding steroid dienone is 1. The second-order valence-corrected chi connectivity index (χ2v) is 7.71. The highest BCUT2D eigenvalue weighted by atomic mass is 16.5. The third kappa shape index (κ3) is 2.64. The molecule has 1 aromatic heterocycles. The number of aryl methyl sites for hydroxylation is 1. The Kier molecular flexibility index (Phi) is 4.16. The molecule has 1 aromatic rings. The van der Waals surface area contributed by atoms with E-state index in [1.54, 1.807) is 0 Å². The van der Waals surface area contributed by atoms with Crippen LogP contribution in [0, 0.1) is 24.2 Å². The molecule has 2 aliphatic rings. The van der Waals surface area contributed by atoms with Crippen LogP contribution in [0.1, 0.15) is 57.4 Å². The lowest BCUT2D eigenvalue weighted by Gasteiger charge is -2.51. The highest BCUT2D eigenvalue weighted by Crippen LogP contribution is 2.53. The van der Waals surface area contributed by atoms with Crippen molar-refractivity contribution in [3.05, 3.63) is 34.8 Å². The van der Waals surface area contributed by atoms with Crippen molar-refractivity contribution < 1.29 is 13.9 Å². The predicted octanol–water partition coefficient (Wildman–Crippen LogP) is 4.62. The molecule has 0 bridgehead atoms. The van der Waals surface area contributed by atoms with Gasteiger partial charge in [0.1, 0.15) is 11.9 Å². The van der Waals surface area contributed by atoms with Gasteiger partial charge in [0.05, 0.1) is 6.26 Å². The molecule has 1 heterocycles. The first-order valence-corrected chi connectivity index (χ1v) is 8.76. The molecule has 23 heavy (non-hydrogen) atoms. The zero-order valence-corrected chi connectivity index (χ0v) is 14.9. The van der Waals surface area contributed by atoms with Crippen LogP contribution in [-0.4, -0.2) is 12.1 Å². The van der Waals surface area contributed by atoms with Crippen LogP contribution in [0.2, 0.25) is 0 Å². The molecule has 1 saturated carbocycles. The molecule has 0 aliphatic heterocycles. The van der Waals surface area contributed by atoms with E-state index in [0.717, 1.165) is 31.4 Å². The van der Waals surface area contributed by atoms with E-state index in [0.29, 0.717) is 17.4 Å². The van der Waals surface area contributed by atoms with E-state index in [1.807, 2.05) is 26.2 Å². The Hall–Kier alpha value is -1.51. The van der Waals surface area contributed by atoms with Crippen LogP contribution < -0.4 is 0 Å². The van der Waals surface area contributed by atoms with Crippen molar-refractivity contribution in [3.8, 4) is 0 Å². The maximum atomic E-state index is 12.2. The minimum Gasteiger partial charge on any atom is -0.469 e. The molecule has 1 fully saturated rings. The first-order chi connectivity index (χ1) is 10.9. The van der Waals surface area contributed by atoms with Crippen molar-refractivity contribution in [3.63, 3.8) is 0 Å². The number of furan rings is 1. The number of esters is 1. The number of rotatable bonds is 2. The molecule has 3 rings (SSSR count). The van der Waals surface area contributed by atoms with Crippen LogP contribution in [-0.2, 0) is 22.4 Å². The zero-order chi connectivity index (χ0) is 16.8. The van der Waals surface area contributed by atoms with E-state index in [1.165, 1.54) is 11.1 Å². The molecule has 0 saturated heterocycles. The standard InChI is InChI=1S/C20H28O3/c1-6-12(2)19(21)23-17-8-7-14(4)20(5)10-15-13(3)11-22-18(15)9-16(17)20/h6,11,14,16-17H,7-10H2,1-5H3/t14-,16-,17-,20+/m0/s1. The predicted molar refractivity (Wildman–Crippen MR) is 90.2 cm³/mol. The summed E-state index contributed by atoms with van der Waals surface area (Å²) in [7, 11) is 0. The monoisotopic (exact) mass is 316 g/mol. The quantitative estimate of drug-likeness (QED) is 0.590. The summed E-state index contributed by atoms with van der Waals surface area (Å²) in [5.41, 5.74) is 3.51. The fourth-order valence-corrected chi connectivity index (χ4v) is 4.41. The summed E-state index contributed by atoms with van der Waals surface area (Å²) in [5, 5.41) is 0. The highest BCUT2D eigenvalue weighted by molar-refractivity contribution is 5.87. The number of ether oxygens (including phenoxy) is 1. The van der Waals surface area contributed by atoms with Crippen LogP contribution >= 0.6 is 0 Å². The Morgan fingerprint density at radius 2 is 2.17 bits per heavy atom. The van der Waals surface area contributed by atoms with Gasteiger partial charge in [-0.3, -0.25) is 0 Å². The second-order valence-electron chi connectivity index (χ2n) is 7.71. The Bertz CT molecular complexity index is 639. The van der Waals surface area contributed by atoms with Crippen LogP contribution in [0.3, 0.4) is 0 Å². The van der Waals surface area contributed by atoms with Gasteiger partial charge in [0, 0.05) is 17.9 Å². The molecule has 126 valence electrons. The van der Waals surface area contributed by atoms with Gasteiger partial charge in [0.2, 0.25) is 0 Å². The van der Waals surface area contributed by atoms with Gasteiger partial charge in [0.15, 0.2) is 0 Å². The van der Waals surface area contributed by atoms with Crippen molar-refractivity contribution in [1.29, 1.82) is 0 Å². The Morgan fingerprint density at radius 3 is 2.87 bits per heavy atom. The fraction of sp³-hybridized carbons (Fsp3) is 0.650. The van der Waals surface area contributed by atoms with Crippen LogP contribution in [0.15, 0.2) is 22.3 Å². The summed E-state index contributed by atoms with van der Waals surface area (Å²) in [6.45, 7) is 10.6. The third-order valence-electron chi connectivity index (χ3n) is 6.47. The molecule has 3 heteroatoms. The van der Waals surface area contributed by atoms with Gasteiger partial charge in [-0.1, -0.05) is 19.9 Å². The van der Waals surface area contributed by atoms with Gasteiger partial charge in [-0.25, -0.2) is 4.79 Å². The normalized spacial score (nSPS) is 33.8. The van der Waals surface area contributed by atoms with Crippen LogP contribution in [0.25, 0.3) is 0 Å². The van der Waals surface area contributed by atoms with Crippen molar-refractivity contribution in [1.82, 2.24) is 0 Å². The van der Waals surface area contributed by atoms with Crippen LogP contribution in [0.4, 0.5) is 0 Å². The molecule has 0 aromatic carbocycles. The topological polar surface area (TPSA) is 39.4 Å². The molecular weight excluding hydrogens is 288 g/mol. The van der Waals surface area contributed by atoms with Crippen molar-refractivity contribution >= 4 is 5.97 Å². The number of fused-ring (bicyclic) bond motifs is 2. The van der Waals surface area contributed by atoms with E-state index < -0.39 is 0 Å².